The van der Waals surface area contributed by atoms with Crippen LogP contribution in [0.1, 0.15) is 12.6 Å². The summed E-state index contributed by atoms with van der Waals surface area (Å²) < 4.78 is 0. The standard InChI is InChI=1S/C11H12N2O2/c1-2-10-8-11(13(15)12(10)14)9-6-4-3-5-7-9/h3-8,15H,2H2,1H3. The molecule has 0 amide bonds. The second kappa shape index (κ2) is 3.65. The monoisotopic (exact) mass is 204 g/mol. The van der Waals surface area contributed by atoms with E-state index in [4.69, 9.17) is 0 Å². The Kier molecular flexibility index (Phi) is 2.33. The molecule has 4 nitrogen and oxygen atoms in total. The molecule has 0 saturated carbocycles. The molecule has 0 fully saturated rings. The first-order valence-electron chi connectivity index (χ1n) is 4.83. The summed E-state index contributed by atoms with van der Waals surface area (Å²) in [5.74, 6) is 0. The summed E-state index contributed by atoms with van der Waals surface area (Å²) in [6.07, 6.45) is 0.594. The molecule has 0 aliphatic rings. The Bertz CT molecular complexity index is 463. The summed E-state index contributed by atoms with van der Waals surface area (Å²) in [6.45, 7) is 1.87. The van der Waals surface area contributed by atoms with Crippen LogP contribution >= 0.6 is 0 Å². The second-order valence-corrected chi connectivity index (χ2v) is 3.30. The molecule has 15 heavy (non-hydrogen) atoms. The molecular formula is C11H12N2O2. The maximum Gasteiger partial charge on any atom is 0.225 e. The van der Waals surface area contributed by atoms with Crippen molar-refractivity contribution in [2.75, 3.05) is 0 Å². The van der Waals surface area contributed by atoms with Crippen LogP contribution in [0.4, 0.5) is 0 Å². The van der Waals surface area contributed by atoms with Crippen LogP contribution in [-0.4, -0.2) is 10.1 Å². The number of hydrogen-bond donors (Lipinski definition) is 1. The SMILES string of the molecule is CCc1cc(-c2ccccc2)n(O)[n+]1[O-]. The first-order valence-corrected chi connectivity index (χ1v) is 4.83. The average Bonchev–Trinajstić information content (AvgIpc) is 2.57. The molecule has 1 aromatic carbocycles. The molecule has 2 rings (SSSR count). The van der Waals surface area contributed by atoms with Crippen molar-refractivity contribution in [2.24, 2.45) is 0 Å². The van der Waals surface area contributed by atoms with Gasteiger partial charge in [-0.1, -0.05) is 37.3 Å². The van der Waals surface area contributed by atoms with Crippen LogP contribution in [0.5, 0.6) is 0 Å². The highest BCUT2D eigenvalue weighted by Gasteiger charge is 2.17. The van der Waals surface area contributed by atoms with Crippen molar-refractivity contribution in [1.29, 1.82) is 0 Å². The van der Waals surface area contributed by atoms with Crippen molar-refractivity contribution in [3.05, 3.63) is 47.3 Å². The summed E-state index contributed by atoms with van der Waals surface area (Å²) >= 11 is 0. The zero-order chi connectivity index (χ0) is 10.8. The van der Waals surface area contributed by atoms with E-state index in [1.54, 1.807) is 6.07 Å². The Labute approximate surface area is 87.5 Å². The number of aromatic nitrogens is 2. The predicted octanol–water partition coefficient (Wildman–Crippen LogP) is 1.59. The fourth-order valence-electron chi connectivity index (χ4n) is 1.54. The van der Waals surface area contributed by atoms with Gasteiger partial charge < -0.3 is 10.4 Å². The molecule has 0 unspecified atom stereocenters. The molecule has 2 aromatic rings. The van der Waals surface area contributed by atoms with E-state index in [2.05, 4.69) is 0 Å². The highest BCUT2D eigenvalue weighted by molar-refractivity contribution is 5.58. The third-order valence-corrected chi connectivity index (χ3v) is 2.37. The summed E-state index contributed by atoms with van der Waals surface area (Å²) in [5.41, 5.74) is 1.89. The lowest BCUT2D eigenvalue weighted by Crippen LogP contribution is -2.39. The molecule has 4 heteroatoms. The summed E-state index contributed by atoms with van der Waals surface area (Å²) in [7, 11) is 0. The normalized spacial score (nSPS) is 10.5. The van der Waals surface area contributed by atoms with Crippen molar-refractivity contribution >= 4 is 0 Å². The maximum absolute atomic E-state index is 11.4. The van der Waals surface area contributed by atoms with E-state index in [9.17, 15) is 10.4 Å². The number of hydrogen-bond acceptors (Lipinski definition) is 2. The largest absolute Gasteiger partial charge is 0.593 e. The molecule has 0 spiro atoms. The van der Waals surface area contributed by atoms with E-state index in [-0.39, 0.29) is 0 Å². The number of aryl methyl sites for hydroxylation is 1. The summed E-state index contributed by atoms with van der Waals surface area (Å²) in [5, 5.41) is 21.0. The first kappa shape index (κ1) is 9.58. The van der Waals surface area contributed by atoms with Gasteiger partial charge >= 0.3 is 0 Å². The van der Waals surface area contributed by atoms with Gasteiger partial charge in [0.2, 0.25) is 5.69 Å². The minimum atomic E-state index is 0.502. The maximum atomic E-state index is 11.4. The molecule has 1 heterocycles. The highest BCUT2D eigenvalue weighted by Crippen LogP contribution is 2.18. The molecule has 0 bridgehead atoms. The predicted molar refractivity (Wildman–Crippen MR) is 55.4 cm³/mol. The number of benzene rings is 1. The van der Waals surface area contributed by atoms with Crippen LogP contribution in [0.25, 0.3) is 11.3 Å². The number of rotatable bonds is 2. The molecule has 0 aliphatic carbocycles. The second-order valence-electron chi connectivity index (χ2n) is 3.30. The smallest absolute Gasteiger partial charge is 0.225 e. The van der Waals surface area contributed by atoms with Gasteiger partial charge in [-0.25, -0.2) is 0 Å². The van der Waals surface area contributed by atoms with Crippen molar-refractivity contribution in [1.82, 2.24) is 4.85 Å². The minimum absolute atomic E-state index is 0.502. The van der Waals surface area contributed by atoms with Crippen molar-refractivity contribution < 1.29 is 10.1 Å². The molecule has 78 valence electrons. The fourth-order valence-corrected chi connectivity index (χ4v) is 1.54. The average molecular weight is 204 g/mol. The molecule has 0 atom stereocenters. The van der Waals surface area contributed by atoms with Crippen LogP contribution in [0.2, 0.25) is 0 Å². The zero-order valence-electron chi connectivity index (χ0n) is 8.42. The van der Waals surface area contributed by atoms with Crippen molar-refractivity contribution in [3.63, 3.8) is 0 Å². The van der Waals surface area contributed by atoms with E-state index in [1.165, 1.54) is 0 Å². The van der Waals surface area contributed by atoms with Crippen LogP contribution < -0.4 is 4.85 Å². The molecule has 0 aliphatic heterocycles. The third kappa shape index (κ3) is 1.54. The van der Waals surface area contributed by atoms with Crippen LogP contribution in [0, 0.1) is 5.21 Å². The van der Waals surface area contributed by atoms with Gasteiger partial charge in [-0.05, 0) is 4.85 Å². The first-order chi connectivity index (χ1) is 7.24. The summed E-state index contributed by atoms with van der Waals surface area (Å²) in [6, 6.07) is 11.0. The van der Waals surface area contributed by atoms with Gasteiger partial charge in [0.25, 0.3) is 0 Å². The fraction of sp³-hybridized carbons (Fsp3) is 0.182. The third-order valence-electron chi connectivity index (χ3n) is 2.37. The van der Waals surface area contributed by atoms with Gasteiger partial charge in [-0.3, -0.25) is 0 Å². The minimum Gasteiger partial charge on any atom is -0.593 e. The lowest BCUT2D eigenvalue weighted by molar-refractivity contribution is -0.730. The van der Waals surface area contributed by atoms with E-state index < -0.39 is 0 Å². The van der Waals surface area contributed by atoms with E-state index >= 15 is 0 Å². The van der Waals surface area contributed by atoms with E-state index in [0.29, 0.717) is 27.5 Å². The Balaban J connectivity index is 2.55. The Morgan fingerprint density at radius 3 is 2.53 bits per heavy atom. The summed E-state index contributed by atoms with van der Waals surface area (Å²) in [4.78, 5) is 1.14. The van der Waals surface area contributed by atoms with Gasteiger partial charge in [0.1, 0.15) is 0 Å². The van der Waals surface area contributed by atoms with Crippen molar-refractivity contribution in [2.45, 2.75) is 13.3 Å². The van der Waals surface area contributed by atoms with Crippen molar-refractivity contribution in [3.8, 4) is 11.3 Å². The molecule has 1 aromatic heterocycles. The highest BCUT2D eigenvalue weighted by atomic mass is 16.6. The van der Waals surface area contributed by atoms with E-state index in [0.717, 1.165) is 5.56 Å². The zero-order valence-corrected chi connectivity index (χ0v) is 8.42. The topological polar surface area (TPSA) is 52.1 Å². The molecule has 0 saturated heterocycles. The lowest BCUT2D eigenvalue weighted by atomic mass is 10.1. The van der Waals surface area contributed by atoms with Crippen LogP contribution in [0.15, 0.2) is 36.4 Å². The van der Waals surface area contributed by atoms with Gasteiger partial charge in [-0.15, -0.1) is 0 Å². The quantitative estimate of drug-likeness (QED) is 0.459. The number of nitrogens with zero attached hydrogens (tertiary/aromatic N) is 2. The van der Waals surface area contributed by atoms with Crippen LogP contribution in [-0.2, 0) is 6.42 Å². The Morgan fingerprint density at radius 2 is 2.00 bits per heavy atom. The van der Waals surface area contributed by atoms with Gasteiger partial charge in [0, 0.05) is 22.9 Å². The Hall–Kier alpha value is -1.97. The van der Waals surface area contributed by atoms with Crippen LogP contribution in [0.3, 0.4) is 0 Å². The molecule has 1 N–H and O–H groups in total. The van der Waals surface area contributed by atoms with Gasteiger partial charge in [0.05, 0.1) is 0 Å². The lowest BCUT2D eigenvalue weighted by Gasteiger charge is -1.99. The van der Waals surface area contributed by atoms with Gasteiger partial charge in [0.15, 0.2) is 5.69 Å². The van der Waals surface area contributed by atoms with E-state index in [1.807, 2.05) is 37.3 Å². The molecule has 0 radical (unpaired) electrons. The Morgan fingerprint density at radius 1 is 1.33 bits per heavy atom. The molecular weight excluding hydrogens is 192 g/mol. The van der Waals surface area contributed by atoms with Gasteiger partial charge in [-0.2, -0.15) is 0 Å².